The number of anilines is 2. The van der Waals surface area contributed by atoms with Crippen LogP contribution in [0.2, 0.25) is 10.0 Å². The van der Waals surface area contributed by atoms with E-state index >= 15 is 0 Å². The second-order valence-electron chi connectivity index (χ2n) is 5.59. The zero-order chi connectivity index (χ0) is 16.2. The van der Waals surface area contributed by atoms with Crippen molar-refractivity contribution in [2.24, 2.45) is 0 Å². The minimum atomic E-state index is -0.227. The van der Waals surface area contributed by atoms with E-state index in [1.807, 2.05) is 6.07 Å². The molecule has 1 aromatic heterocycles. The number of hydrogen-bond acceptors (Lipinski definition) is 3. The summed E-state index contributed by atoms with van der Waals surface area (Å²) in [4.78, 5) is 18.9. The number of hydrogen-bond donors (Lipinski definition) is 1. The number of pyridine rings is 1. The molecule has 0 spiro atoms. The molecule has 0 aliphatic carbocycles. The van der Waals surface area contributed by atoms with Gasteiger partial charge in [0.05, 0.1) is 17.4 Å². The average molecular weight is 350 g/mol. The van der Waals surface area contributed by atoms with Gasteiger partial charge < -0.3 is 10.2 Å². The third-order valence-electron chi connectivity index (χ3n) is 3.83. The highest BCUT2D eigenvalue weighted by Crippen LogP contribution is 2.24. The van der Waals surface area contributed by atoms with Gasteiger partial charge >= 0.3 is 0 Å². The summed E-state index contributed by atoms with van der Waals surface area (Å²) in [5.41, 5.74) is 2.07. The Morgan fingerprint density at radius 1 is 1.00 bits per heavy atom. The predicted molar refractivity (Wildman–Crippen MR) is 94.7 cm³/mol. The average Bonchev–Trinajstić information content (AvgIpc) is 2.55. The minimum Gasteiger partial charge on any atom is -0.370 e. The van der Waals surface area contributed by atoms with Crippen molar-refractivity contribution in [3.8, 4) is 0 Å². The lowest BCUT2D eigenvalue weighted by atomic mass is 10.1. The third kappa shape index (κ3) is 4.15. The normalized spacial score (nSPS) is 14.6. The van der Waals surface area contributed by atoms with Crippen LogP contribution in [0.3, 0.4) is 0 Å². The molecule has 1 amide bonds. The van der Waals surface area contributed by atoms with E-state index in [4.69, 9.17) is 23.2 Å². The van der Waals surface area contributed by atoms with E-state index < -0.39 is 0 Å². The molecule has 1 aromatic carbocycles. The quantitative estimate of drug-likeness (QED) is 0.878. The van der Waals surface area contributed by atoms with E-state index in [2.05, 4.69) is 15.2 Å². The number of amides is 1. The Kier molecular flexibility index (Phi) is 5.03. The fourth-order valence-corrected chi connectivity index (χ4v) is 3.23. The first-order chi connectivity index (χ1) is 11.1. The molecule has 0 bridgehead atoms. The topological polar surface area (TPSA) is 45.2 Å². The van der Waals surface area contributed by atoms with E-state index in [0.29, 0.717) is 21.3 Å². The van der Waals surface area contributed by atoms with Gasteiger partial charge in [-0.15, -0.1) is 0 Å². The van der Waals surface area contributed by atoms with Gasteiger partial charge in [-0.3, -0.25) is 9.78 Å². The number of piperidine rings is 1. The summed E-state index contributed by atoms with van der Waals surface area (Å²) in [7, 11) is 0. The van der Waals surface area contributed by atoms with Crippen molar-refractivity contribution in [1.29, 1.82) is 0 Å². The van der Waals surface area contributed by atoms with Crippen LogP contribution in [0.1, 0.15) is 29.6 Å². The Morgan fingerprint density at radius 3 is 2.39 bits per heavy atom. The van der Waals surface area contributed by atoms with Crippen LogP contribution in [-0.2, 0) is 0 Å². The molecule has 0 radical (unpaired) electrons. The highest BCUT2D eigenvalue weighted by Gasteiger charge is 2.14. The van der Waals surface area contributed by atoms with Gasteiger partial charge in [0, 0.05) is 35.0 Å². The minimum absolute atomic E-state index is 0.227. The van der Waals surface area contributed by atoms with Gasteiger partial charge in [-0.05, 0) is 43.5 Å². The van der Waals surface area contributed by atoms with Gasteiger partial charge in [0.25, 0.3) is 5.91 Å². The van der Waals surface area contributed by atoms with E-state index in [1.165, 1.54) is 19.3 Å². The molecule has 1 fully saturated rings. The first-order valence-electron chi connectivity index (χ1n) is 7.59. The second kappa shape index (κ2) is 7.20. The Labute approximate surface area is 145 Å². The molecule has 4 nitrogen and oxygen atoms in total. The van der Waals surface area contributed by atoms with Crippen molar-refractivity contribution in [2.75, 3.05) is 23.3 Å². The van der Waals surface area contributed by atoms with E-state index in [1.54, 1.807) is 30.6 Å². The molecule has 3 rings (SSSR count). The SMILES string of the molecule is O=C(Nc1cc(Cl)cc(Cl)c1)c1cncc(N2CCCCC2)c1. The van der Waals surface area contributed by atoms with Crippen molar-refractivity contribution in [2.45, 2.75) is 19.3 Å². The lowest BCUT2D eigenvalue weighted by Gasteiger charge is -2.28. The predicted octanol–water partition coefficient (Wildman–Crippen LogP) is 4.63. The molecule has 0 atom stereocenters. The van der Waals surface area contributed by atoms with Crippen LogP contribution < -0.4 is 10.2 Å². The maximum absolute atomic E-state index is 12.4. The van der Waals surface area contributed by atoms with Crippen LogP contribution in [0.4, 0.5) is 11.4 Å². The number of aromatic nitrogens is 1. The van der Waals surface area contributed by atoms with Crippen molar-refractivity contribution in [3.63, 3.8) is 0 Å². The van der Waals surface area contributed by atoms with E-state index in [0.717, 1.165) is 18.8 Å². The largest absolute Gasteiger partial charge is 0.370 e. The number of nitrogens with zero attached hydrogens (tertiary/aromatic N) is 2. The molecule has 1 N–H and O–H groups in total. The summed E-state index contributed by atoms with van der Waals surface area (Å²) in [6.45, 7) is 2.02. The highest BCUT2D eigenvalue weighted by atomic mass is 35.5. The molecule has 1 aliphatic heterocycles. The van der Waals surface area contributed by atoms with Crippen molar-refractivity contribution in [1.82, 2.24) is 4.98 Å². The summed E-state index contributed by atoms with van der Waals surface area (Å²) in [5.74, 6) is -0.227. The molecule has 2 aromatic rings. The van der Waals surface area contributed by atoms with E-state index in [-0.39, 0.29) is 5.91 Å². The van der Waals surface area contributed by atoms with Crippen molar-refractivity contribution < 1.29 is 4.79 Å². The first-order valence-corrected chi connectivity index (χ1v) is 8.35. The van der Waals surface area contributed by atoms with Crippen LogP contribution >= 0.6 is 23.2 Å². The lowest BCUT2D eigenvalue weighted by Crippen LogP contribution is -2.29. The van der Waals surface area contributed by atoms with Gasteiger partial charge in [0.1, 0.15) is 0 Å². The number of nitrogens with one attached hydrogen (secondary N) is 1. The fourth-order valence-electron chi connectivity index (χ4n) is 2.71. The fraction of sp³-hybridized carbons (Fsp3) is 0.294. The maximum Gasteiger partial charge on any atom is 0.257 e. The molecule has 0 unspecified atom stereocenters. The number of halogens is 2. The molecule has 2 heterocycles. The standard InChI is InChI=1S/C17H17Cl2N3O/c18-13-7-14(19)9-15(8-13)21-17(23)12-6-16(11-20-10-12)22-4-2-1-3-5-22/h6-11H,1-5H2,(H,21,23). The Balaban J connectivity index is 1.76. The monoisotopic (exact) mass is 349 g/mol. The molecule has 1 aliphatic rings. The van der Waals surface area contributed by atoms with E-state index in [9.17, 15) is 4.79 Å². The summed E-state index contributed by atoms with van der Waals surface area (Å²) < 4.78 is 0. The summed E-state index contributed by atoms with van der Waals surface area (Å²) >= 11 is 11.9. The molecule has 23 heavy (non-hydrogen) atoms. The van der Waals surface area contributed by atoms with Crippen LogP contribution in [0.15, 0.2) is 36.7 Å². The van der Waals surface area contributed by atoms with Gasteiger partial charge in [-0.2, -0.15) is 0 Å². The zero-order valence-electron chi connectivity index (χ0n) is 12.6. The summed E-state index contributed by atoms with van der Waals surface area (Å²) in [5, 5.41) is 3.76. The number of rotatable bonds is 3. The van der Waals surface area contributed by atoms with Crippen LogP contribution in [0.25, 0.3) is 0 Å². The van der Waals surface area contributed by atoms with Gasteiger partial charge in [-0.25, -0.2) is 0 Å². The molecular formula is C17H17Cl2N3O. The lowest BCUT2D eigenvalue weighted by molar-refractivity contribution is 0.102. The van der Waals surface area contributed by atoms with Gasteiger partial charge in [0.15, 0.2) is 0 Å². The Hall–Kier alpha value is -1.78. The van der Waals surface area contributed by atoms with Gasteiger partial charge in [0.2, 0.25) is 0 Å². The summed E-state index contributed by atoms with van der Waals surface area (Å²) in [6.07, 6.45) is 6.99. The van der Waals surface area contributed by atoms with Crippen LogP contribution in [-0.4, -0.2) is 24.0 Å². The third-order valence-corrected chi connectivity index (χ3v) is 4.26. The number of carbonyl (C=O) groups excluding carboxylic acids is 1. The van der Waals surface area contributed by atoms with Gasteiger partial charge in [-0.1, -0.05) is 23.2 Å². The molecule has 120 valence electrons. The van der Waals surface area contributed by atoms with Crippen LogP contribution in [0.5, 0.6) is 0 Å². The second-order valence-corrected chi connectivity index (χ2v) is 6.46. The van der Waals surface area contributed by atoms with Crippen LogP contribution in [0, 0.1) is 0 Å². The highest BCUT2D eigenvalue weighted by molar-refractivity contribution is 6.35. The summed E-state index contributed by atoms with van der Waals surface area (Å²) in [6, 6.07) is 6.82. The first kappa shape index (κ1) is 16.1. The number of carbonyl (C=O) groups is 1. The maximum atomic E-state index is 12.4. The zero-order valence-corrected chi connectivity index (χ0v) is 14.1. The Morgan fingerprint density at radius 2 is 1.70 bits per heavy atom. The molecule has 6 heteroatoms. The smallest absolute Gasteiger partial charge is 0.257 e. The molecular weight excluding hydrogens is 333 g/mol. The molecule has 0 saturated carbocycles. The molecule has 1 saturated heterocycles. The Bertz CT molecular complexity index is 694. The van der Waals surface area contributed by atoms with Crippen molar-refractivity contribution in [3.05, 3.63) is 52.3 Å². The van der Waals surface area contributed by atoms with Crippen molar-refractivity contribution >= 4 is 40.5 Å². The number of benzene rings is 1.